The number of pyridine rings is 1. The van der Waals surface area contributed by atoms with Gasteiger partial charge in [0, 0.05) is 41.0 Å². The number of rotatable bonds is 4. The van der Waals surface area contributed by atoms with Crippen LogP contribution in [0.15, 0.2) is 41.0 Å². The fraction of sp³-hybridized carbons (Fsp3) is 0.294. The summed E-state index contributed by atoms with van der Waals surface area (Å²) in [4.78, 5) is 17.0. The molecule has 0 aliphatic carbocycles. The summed E-state index contributed by atoms with van der Waals surface area (Å²) in [6, 6.07) is 7.57. The molecule has 2 aromatic rings. The molecule has 1 aliphatic rings. The van der Waals surface area contributed by atoms with Gasteiger partial charge in [-0.3, -0.25) is 4.79 Å². The standard InChI is InChI=1S/C17H14BrF3N2O2/c18-13-3-1-11(10-24)15(7-13)23-6-5-14(9-23)25-16-4-2-12(8-22-16)17(19,20)21/h1-4,7-8,10,14H,5-6,9H2. The zero-order chi connectivity index (χ0) is 18.0. The minimum atomic E-state index is -4.42. The van der Waals surface area contributed by atoms with Crippen molar-refractivity contribution in [1.82, 2.24) is 4.98 Å². The maximum Gasteiger partial charge on any atom is 0.417 e. The highest BCUT2D eigenvalue weighted by molar-refractivity contribution is 9.10. The third-order valence-electron chi connectivity index (χ3n) is 3.96. The normalized spacial score (nSPS) is 17.6. The Morgan fingerprint density at radius 2 is 2.08 bits per heavy atom. The van der Waals surface area contributed by atoms with Crippen LogP contribution in [0, 0.1) is 0 Å². The lowest BCUT2D eigenvalue weighted by molar-refractivity contribution is -0.137. The van der Waals surface area contributed by atoms with E-state index in [9.17, 15) is 18.0 Å². The molecule has 1 fully saturated rings. The lowest BCUT2D eigenvalue weighted by Crippen LogP contribution is -2.25. The zero-order valence-corrected chi connectivity index (χ0v) is 14.5. The fourth-order valence-electron chi connectivity index (χ4n) is 2.72. The summed E-state index contributed by atoms with van der Waals surface area (Å²) in [6.45, 7) is 1.21. The Morgan fingerprint density at radius 3 is 2.72 bits per heavy atom. The predicted molar refractivity (Wildman–Crippen MR) is 90.0 cm³/mol. The van der Waals surface area contributed by atoms with Crippen LogP contribution in [0.1, 0.15) is 22.3 Å². The van der Waals surface area contributed by atoms with Crippen molar-refractivity contribution in [3.05, 3.63) is 52.1 Å². The van der Waals surface area contributed by atoms with E-state index in [2.05, 4.69) is 20.9 Å². The Labute approximate surface area is 150 Å². The highest BCUT2D eigenvalue weighted by Gasteiger charge is 2.31. The molecule has 132 valence electrons. The van der Waals surface area contributed by atoms with E-state index in [1.165, 1.54) is 6.07 Å². The summed E-state index contributed by atoms with van der Waals surface area (Å²) in [5, 5.41) is 0. The molecule has 3 rings (SSSR count). The summed E-state index contributed by atoms with van der Waals surface area (Å²) in [6.07, 6.45) is -2.37. The van der Waals surface area contributed by atoms with Gasteiger partial charge in [-0.25, -0.2) is 4.98 Å². The van der Waals surface area contributed by atoms with Gasteiger partial charge in [-0.05, 0) is 24.3 Å². The first kappa shape index (κ1) is 17.7. The number of hydrogen-bond donors (Lipinski definition) is 0. The molecule has 1 unspecified atom stereocenters. The molecule has 25 heavy (non-hydrogen) atoms. The van der Waals surface area contributed by atoms with E-state index in [-0.39, 0.29) is 12.0 Å². The fourth-order valence-corrected chi connectivity index (χ4v) is 3.07. The molecule has 0 amide bonds. The first-order chi connectivity index (χ1) is 11.9. The highest BCUT2D eigenvalue weighted by Crippen LogP contribution is 2.31. The number of halogens is 4. The quantitative estimate of drug-likeness (QED) is 0.698. The van der Waals surface area contributed by atoms with Crippen LogP contribution >= 0.6 is 15.9 Å². The number of anilines is 1. The third kappa shape index (κ3) is 4.12. The van der Waals surface area contributed by atoms with Gasteiger partial charge < -0.3 is 9.64 Å². The Balaban J connectivity index is 1.67. The average Bonchev–Trinajstić information content (AvgIpc) is 3.03. The second-order valence-electron chi connectivity index (χ2n) is 5.68. The number of aromatic nitrogens is 1. The van der Waals surface area contributed by atoms with Crippen LogP contribution in [-0.4, -0.2) is 30.5 Å². The number of carbonyl (C=O) groups is 1. The Hall–Kier alpha value is -2.09. The van der Waals surface area contributed by atoms with Crippen LogP contribution in [0.25, 0.3) is 0 Å². The molecule has 2 heterocycles. The summed E-state index contributed by atoms with van der Waals surface area (Å²) in [5.74, 6) is 0.157. The first-order valence-corrected chi connectivity index (χ1v) is 8.35. The molecular weight excluding hydrogens is 401 g/mol. The topological polar surface area (TPSA) is 42.4 Å². The number of nitrogens with zero attached hydrogens (tertiary/aromatic N) is 2. The molecule has 1 aromatic heterocycles. The van der Waals surface area contributed by atoms with Gasteiger partial charge in [0.05, 0.1) is 12.1 Å². The molecule has 8 heteroatoms. The largest absolute Gasteiger partial charge is 0.472 e. The second-order valence-corrected chi connectivity index (χ2v) is 6.59. The van der Waals surface area contributed by atoms with Gasteiger partial charge in [-0.1, -0.05) is 15.9 Å². The maximum atomic E-state index is 12.5. The minimum Gasteiger partial charge on any atom is -0.472 e. The minimum absolute atomic E-state index is 0.157. The number of benzene rings is 1. The maximum absolute atomic E-state index is 12.5. The van der Waals surface area contributed by atoms with Crippen LogP contribution < -0.4 is 9.64 Å². The van der Waals surface area contributed by atoms with Crippen LogP contribution in [0.4, 0.5) is 18.9 Å². The van der Waals surface area contributed by atoms with E-state index in [1.54, 1.807) is 12.1 Å². The van der Waals surface area contributed by atoms with E-state index in [0.717, 1.165) is 28.7 Å². The molecule has 0 saturated carbocycles. The summed E-state index contributed by atoms with van der Waals surface area (Å²) < 4.78 is 44.2. The zero-order valence-electron chi connectivity index (χ0n) is 13.0. The lowest BCUT2D eigenvalue weighted by Gasteiger charge is -2.21. The van der Waals surface area contributed by atoms with Crippen molar-refractivity contribution in [2.24, 2.45) is 0 Å². The van der Waals surface area contributed by atoms with E-state index in [0.29, 0.717) is 25.1 Å². The van der Waals surface area contributed by atoms with Crippen LogP contribution in [0.3, 0.4) is 0 Å². The molecule has 1 aliphatic heterocycles. The van der Waals surface area contributed by atoms with E-state index in [4.69, 9.17) is 4.74 Å². The van der Waals surface area contributed by atoms with Gasteiger partial charge in [0.25, 0.3) is 0 Å². The van der Waals surface area contributed by atoms with Gasteiger partial charge in [-0.15, -0.1) is 0 Å². The average molecular weight is 415 g/mol. The molecule has 0 radical (unpaired) electrons. The molecular formula is C17H14BrF3N2O2. The number of carbonyl (C=O) groups excluding carboxylic acids is 1. The Kier molecular flexibility index (Phi) is 4.99. The van der Waals surface area contributed by atoms with Crippen molar-refractivity contribution in [1.29, 1.82) is 0 Å². The second kappa shape index (κ2) is 7.03. The van der Waals surface area contributed by atoms with Gasteiger partial charge in [0.15, 0.2) is 6.29 Å². The Morgan fingerprint density at radius 1 is 1.28 bits per heavy atom. The van der Waals surface area contributed by atoms with Gasteiger partial charge in [0.1, 0.15) is 6.10 Å². The van der Waals surface area contributed by atoms with Crippen LogP contribution in [-0.2, 0) is 6.18 Å². The molecule has 0 bridgehead atoms. The van der Waals surface area contributed by atoms with Gasteiger partial charge in [-0.2, -0.15) is 13.2 Å². The molecule has 0 spiro atoms. The Bertz CT molecular complexity index is 765. The molecule has 4 nitrogen and oxygen atoms in total. The van der Waals surface area contributed by atoms with Crippen LogP contribution in [0.2, 0.25) is 0 Å². The number of aldehydes is 1. The first-order valence-electron chi connectivity index (χ1n) is 7.56. The molecule has 0 N–H and O–H groups in total. The summed E-state index contributed by atoms with van der Waals surface area (Å²) in [5.41, 5.74) is 0.574. The SMILES string of the molecule is O=Cc1ccc(Br)cc1N1CCC(Oc2ccc(C(F)(F)F)cn2)C1. The molecule has 1 saturated heterocycles. The lowest BCUT2D eigenvalue weighted by atomic mass is 10.2. The van der Waals surface area contributed by atoms with Crippen molar-refractivity contribution in [2.75, 3.05) is 18.0 Å². The number of hydrogen-bond acceptors (Lipinski definition) is 4. The number of ether oxygens (including phenoxy) is 1. The molecule has 1 aromatic carbocycles. The predicted octanol–water partition coefficient (Wildman–Crippen LogP) is 4.33. The van der Waals surface area contributed by atoms with E-state index < -0.39 is 11.7 Å². The summed E-state index contributed by atoms with van der Waals surface area (Å²) >= 11 is 3.39. The van der Waals surface area contributed by atoms with E-state index in [1.807, 2.05) is 11.0 Å². The van der Waals surface area contributed by atoms with E-state index >= 15 is 0 Å². The highest BCUT2D eigenvalue weighted by atomic mass is 79.9. The van der Waals surface area contributed by atoms with Gasteiger partial charge in [0.2, 0.25) is 5.88 Å². The number of alkyl halides is 3. The van der Waals surface area contributed by atoms with Gasteiger partial charge >= 0.3 is 6.18 Å². The summed E-state index contributed by atoms with van der Waals surface area (Å²) in [7, 11) is 0. The van der Waals surface area contributed by atoms with Crippen molar-refractivity contribution >= 4 is 27.9 Å². The third-order valence-corrected chi connectivity index (χ3v) is 4.45. The van der Waals surface area contributed by atoms with Crippen molar-refractivity contribution < 1.29 is 22.7 Å². The monoisotopic (exact) mass is 414 g/mol. The van der Waals surface area contributed by atoms with Crippen molar-refractivity contribution in [3.63, 3.8) is 0 Å². The van der Waals surface area contributed by atoms with Crippen LogP contribution in [0.5, 0.6) is 5.88 Å². The van der Waals surface area contributed by atoms with Crippen molar-refractivity contribution in [2.45, 2.75) is 18.7 Å². The van der Waals surface area contributed by atoms with Crippen molar-refractivity contribution in [3.8, 4) is 5.88 Å². The molecule has 1 atom stereocenters. The smallest absolute Gasteiger partial charge is 0.417 e.